The van der Waals surface area contributed by atoms with Gasteiger partial charge in [-0.05, 0) is 37.1 Å². The van der Waals surface area contributed by atoms with Crippen LogP contribution in [-0.2, 0) is 9.53 Å². The van der Waals surface area contributed by atoms with Crippen molar-refractivity contribution in [2.24, 2.45) is 5.92 Å². The second-order valence-electron chi connectivity index (χ2n) is 3.84. The summed E-state index contributed by atoms with van der Waals surface area (Å²) in [5.74, 6) is -1.03. The fourth-order valence-corrected chi connectivity index (χ4v) is 1.73. The minimum absolute atomic E-state index is 0.0700. The van der Waals surface area contributed by atoms with Crippen molar-refractivity contribution >= 4 is 27.9 Å². The maximum atomic E-state index is 11.6. The monoisotopic (exact) mass is 282 g/mol. The minimum Gasteiger partial charge on any atom is -0.389 e. The maximum Gasteiger partial charge on any atom is 0.345 e. The van der Waals surface area contributed by atoms with Crippen molar-refractivity contribution < 1.29 is 14.3 Å². The first-order chi connectivity index (χ1) is 7.66. The molecular weight excluding hydrogens is 272 g/mol. The highest BCUT2D eigenvalue weighted by molar-refractivity contribution is 9.10. The second-order valence-corrected chi connectivity index (χ2v) is 4.76. The van der Waals surface area contributed by atoms with Gasteiger partial charge in [-0.2, -0.15) is 0 Å². The van der Waals surface area contributed by atoms with Gasteiger partial charge < -0.3 is 4.74 Å². The highest BCUT2D eigenvalue weighted by Gasteiger charge is 2.28. The van der Waals surface area contributed by atoms with Crippen LogP contribution >= 0.6 is 15.9 Å². The third-order valence-electron chi connectivity index (χ3n) is 2.71. The quantitative estimate of drug-likeness (QED) is 0.619. The first-order valence-electron chi connectivity index (χ1n) is 5.18. The molecule has 0 radical (unpaired) electrons. The summed E-state index contributed by atoms with van der Waals surface area (Å²) in [5, 5.41) is 0. The van der Waals surface area contributed by atoms with Crippen molar-refractivity contribution in [1.82, 2.24) is 0 Å². The molecule has 1 aliphatic carbocycles. The van der Waals surface area contributed by atoms with Crippen LogP contribution in [0.3, 0.4) is 0 Å². The number of hydrogen-bond donors (Lipinski definition) is 0. The van der Waals surface area contributed by atoms with Crippen LogP contribution in [0.5, 0.6) is 0 Å². The van der Waals surface area contributed by atoms with E-state index >= 15 is 0 Å². The number of rotatable bonds is 2. The normalized spacial score (nSPS) is 15.3. The van der Waals surface area contributed by atoms with Crippen LogP contribution in [0.1, 0.15) is 29.6 Å². The number of carbonyl (C=O) groups is 2. The van der Waals surface area contributed by atoms with Gasteiger partial charge >= 0.3 is 11.9 Å². The van der Waals surface area contributed by atoms with E-state index in [-0.39, 0.29) is 11.9 Å². The number of ether oxygens (including phenoxy) is 1. The zero-order valence-corrected chi connectivity index (χ0v) is 10.2. The molecule has 1 aliphatic rings. The third-order valence-corrected chi connectivity index (χ3v) is 3.24. The molecule has 0 aliphatic heterocycles. The maximum absolute atomic E-state index is 11.6. The van der Waals surface area contributed by atoms with E-state index in [1.54, 1.807) is 24.3 Å². The fraction of sp³-hybridized carbons (Fsp3) is 0.333. The lowest BCUT2D eigenvalue weighted by Crippen LogP contribution is -2.26. The van der Waals surface area contributed by atoms with Gasteiger partial charge in [-0.25, -0.2) is 4.79 Å². The number of halogens is 1. The molecule has 2 rings (SSSR count). The first kappa shape index (κ1) is 11.3. The van der Waals surface area contributed by atoms with E-state index < -0.39 is 5.97 Å². The number of esters is 2. The van der Waals surface area contributed by atoms with Crippen LogP contribution in [0.2, 0.25) is 0 Å². The molecule has 4 heteroatoms. The van der Waals surface area contributed by atoms with Crippen LogP contribution in [0.4, 0.5) is 0 Å². The Morgan fingerprint density at radius 3 is 2.31 bits per heavy atom. The average molecular weight is 283 g/mol. The molecule has 0 N–H and O–H groups in total. The highest BCUT2D eigenvalue weighted by Crippen LogP contribution is 2.27. The SMILES string of the molecule is O=C(OC(=O)C1CCC1)c1ccc(Br)cc1. The Balaban J connectivity index is 1.97. The lowest BCUT2D eigenvalue weighted by atomic mass is 9.86. The largest absolute Gasteiger partial charge is 0.389 e. The molecule has 0 atom stereocenters. The van der Waals surface area contributed by atoms with Gasteiger partial charge in [-0.15, -0.1) is 0 Å². The molecule has 0 bridgehead atoms. The second kappa shape index (κ2) is 4.78. The molecule has 1 aromatic rings. The smallest absolute Gasteiger partial charge is 0.345 e. The van der Waals surface area contributed by atoms with Crippen molar-refractivity contribution in [2.45, 2.75) is 19.3 Å². The lowest BCUT2D eigenvalue weighted by Gasteiger charge is -2.22. The zero-order valence-electron chi connectivity index (χ0n) is 8.61. The molecule has 1 fully saturated rings. The zero-order chi connectivity index (χ0) is 11.5. The summed E-state index contributed by atoms with van der Waals surface area (Å²) >= 11 is 3.27. The van der Waals surface area contributed by atoms with Gasteiger partial charge in [0.05, 0.1) is 11.5 Å². The lowest BCUT2D eigenvalue weighted by molar-refractivity contribution is -0.145. The van der Waals surface area contributed by atoms with Crippen LogP contribution in [0.15, 0.2) is 28.7 Å². The minimum atomic E-state index is -0.565. The Kier molecular flexibility index (Phi) is 3.39. The predicted octanol–water partition coefficient (Wildman–Crippen LogP) is 2.93. The van der Waals surface area contributed by atoms with Gasteiger partial charge in [0.2, 0.25) is 0 Å². The van der Waals surface area contributed by atoms with E-state index in [1.165, 1.54) is 0 Å². The fourth-order valence-electron chi connectivity index (χ4n) is 1.46. The summed E-state index contributed by atoms with van der Waals surface area (Å²) < 4.78 is 5.67. The van der Waals surface area contributed by atoms with E-state index in [0.29, 0.717) is 5.56 Å². The Hall–Kier alpha value is -1.16. The van der Waals surface area contributed by atoms with E-state index in [4.69, 9.17) is 4.74 Å². The van der Waals surface area contributed by atoms with Crippen molar-refractivity contribution in [3.05, 3.63) is 34.3 Å². The summed E-state index contributed by atoms with van der Waals surface area (Å²) in [6.07, 6.45) is 2.73. The average Bonchev–Trinajstić information content (AvgIpc) is 2.15. The summed E-state index contributed by atoms with van der Waals surface area (Å²) in [4.78, 5) is 23.0. The molecule has 0 spiro atoms. The van der Waals surface area contributed by atoms with Crippen molar-refractivity contribution in [3.8, 4) is 0 Å². The molecule has 84 valence electrons. The van der Waals surface area contributed by atoms with Gasteiger partial charge in [-0.1, -0.05) is 22.4 Å². The Bertz CT molecular complexity index is 407. The van der Waals surface area contributed by atoms with Crippen LogP contribution < -0.4 is 0 Å². The Morgan fingerprint density at radius 1 is 1.19 bits per heavy atom. The van der Waals surface area contributed by atoms with Gasteiger partial charge in [0.1, 0.15) is 0 Å². The van der Waals surface area contributed by atoms with E-state index in [9.17, 15) is 9.59 Å². The van der Waals surface area contributed by atoms with Crippen LogP contribution in [-0.4, -0.2) is 11.9 Å². The van der Waals surface area contributed by atoms with Crippen molar-refractivity contribution in [1.29, 1.82) is 0 Å². The molecule has 1 saturated carbocycles. The van der Waals surface area contributed by atoms with Gasteiger partial charge in [0.15, 0.2) is 0 Å². The van der Waals surface area contributed by atoms with Gasteiger partial charge in [0, 0.05) is 4.47 Å². The molecule has 0 heterocycles. The summed E-state index contributed by atoms with van der Waals surface area (Å²) in [6.45, 7) is 0. The first-order valence-corrected chi connectivity index (χ1v) is 5.98. The van der Waals surface area contributed by atoms with Crippen molar-refractivity contribution in [3.63, 3.8) is 0 Å². The third kappa shape index (κ3) is 2.50. The van der Waals surface area contributed by atoms with Crippen LogP contribution in [0.25, 0.3) is 0 Å². The molecule has 0 amide bonds. The van der Waals surface area contributed by atoms with Crippen LogP contribution in [0, 0.1) is 5.92 Å². The predicted molar refractivity (Wildman–Crippen MR) is 61.9 cm³/mol. The van der Waals surface area contributed by atoms with Gasteiger partial charge in [-0.3, -0.25) is 4.79 Å². The van der Waals surface area contributed by atoms with E-state index in [0.717, 1.165) is 23.7 Å². The summed E-state index contributed by atoms with van der Waals surface area (Å²) in [5.41, 5.74) is 0.399. The molecule has 16 heavy (non-hydrogen) atoms. The molecule has 0 saturated heterocycles. The van der Waals surface area contributed by atoms with Gasteiger partial charge in [0.25, 0.3) is 0 Å². The molecule has 3 nitrogen and oxygen atoms in total. The van der Waals surface area contributed by atoms with Crippen molar-refractivity contribution in [2.75, 3.05) is 0 Å². The number of benzene rings is 1. The molecule has 0 aromatic heterocycles. The molecular formula is C12H11BrO3. The number of hydrogen-bond acceptors (Lipinski definition) is 3. The Labute approximate surface area is 102 Å². The molecule has 0 unspecified atom stereocenters. The molecule has 1 aromatic carbocycles. The van der Waals surface area contributed by atoms with E-state index in [2.05, 4.69) is 15.9 Å². The topological polar surface area (TPSA) is 43.4 Å². The van der Waals surface area contributed by atoms with E-state index in [1.807, 2.05) is 0 Å². The standard InChI is InChI=1S/C12H11BrO3/c13-10-6-4-9(5-7-10)12(15)16-11(14)8-2-1-3-8/h4-8H,1-3H2. The summed E-state index contributed by atoms with van der Waals surface area (Å²) in [7, 11) is 0. The highest BCUT2D eigenvalue weighted by atomic mass is 79.9. The number of carbonyl (C=O) groups excluding carboxylic acids is 2. The summed E-state index contributed by atoms with van der Waals surface area (Å²) in [6, 6.07) is 6.73. The Morgan fingerprint density at radius 2 is 1.81 bits per heavy atom.